The quantitative estimate of drug-likeness (QED) is 0.690. The lowest BCUT2D eigenvalue weighted by Gasteiger charge is -2.16. The second kappa shape index (κ2) is 4.11. The highest BCUT2D eigenvalue weighted by Crippen LogP contribution is 2.34. The zero-order valence-electron chi connectivity index (χ0n) is 8.59. The van der Waals surface area contributed by atoms with Gasteiger partial charge in [-0.2, -0.15) is 0 Å². The highest BCUT2D eigenvalue weighted by atomic mass is 16.5. The van der Waals surface area contributed by atoms with Crippen molar-refractivity contribution >= 4 is 5.97 Å². The molecule has 0 aromatic heterocycles. The van der Waals surface area contributed by atoms with Crippen molar-refractivity contribution < 1.29 is 19.7 Å². The Bertz CT molecular complexity index is 418. The molecular formula is C11H13NO4. The van der Waals surface area contributed by atoms with Gasteiger partial charge in [0.1, 0.15) is 12.4 Å². The maximum atomic E-state index is 10.4. The summed E-state index contributed by atoms with van der Waals surface area (Å²) in [6.07, 6.45) is 0.195. The lowest BCUT2D eigenvalue weighted by atomic mass is 10.1. The van der Waals surface area contributed by atoms with E-state index in [2.05, 4.69) is 0 Å². The number of benzene rings is 1. The van der Waals surface area contributed by atoms with E-state index < -0.39 is 12.1 Å². The number of carboxylic acids is 1. The minimum absolute atomic E-state index is 0.185. The summed E-state index contributed by atoms with van der Waals surface area (Å²) in [5, 5.41) is 17.9. The van der Waals surface area contributed by atoms with Crippen LogP contribution in [-0.4, -0.2) is 28.8 Å². The van der Waals surface area contributed by atoms with E-state index in [-0.39, 0.29) is 18.4 Å². The Morgan fingerprint density at radius 3 is 3.00 bits per heavy atom. The van der Waals surface area contributed by atoms with Gasteiger partial charge < -0.3 is 20.7 Å². The normalized spacial score (nSPS) is 23.1. The van der Waals surface area contributed by atoms with Crippen molar-refractivity contribution in [1.29, 1.82) is 0 Å². The molecule has 0 saturated carbocycles. The van der Waals surface area contributed by atoms with E-state index in [0.29, 0.717) is 6.42 Å². The SMILES string of the molecule is NC1Cc2cc(O)ccc2C1OCC(=O)O. The minimum atomic E-state index is -1.01. The smallest absolute Gasteiger partial charge is 0.329 e. The van der Waals surface area contributed by atoms with Crippen LogP contribution in [-0.2, 0) is 16.0 Å². The number of rotatable bonds is 3. The Morgan fingerprint density at radius 2 is 2.31 bits per heavy atom. The molecule has 2 unspecified atom stereocenters. The fourth-order valence-electron chi connectivity index (χ4n) is 2.01. The number of carboxylic acid groups (broad SMARTS) is 1. The third-order valence-electron chi connectivity index (χ3n) is 2.66. The average Bonchev–Trinajstić information content (AvgIpc) is 2.50. The molecule has 1 aromatic carbocycles. The molecule has 5 heteroatoms. The van der Waals surface area contributed by atoms with Crippen LogP contribution < -0.4 is 5.73 Å². The summed E-state index contributed by atoms with van der Waals surface area (Å²) in [7, 11) is 0. The minimum Gasteiger partial charge on any atom is -0.508 e. The van der Waals surface area contributed by atoms with Crippen molar-refractivity contribution in [2.45, 2.75) is 18.6 Å². The molecule has 0 radical (unpaired) electrons. The molecule has 0 heterocycles. The predicted molar refractivity (Wildman–Crippen MR) is 56.1 cm³/mol. The highest BCUT2D eigenvalue weighted by molar-refractivity contribution is 5.68. The van der Waals surface area contributed by atoms with Crippen LogP contribution in [0.25, 0.3) is 0 Å². The molecule has 4 N–H and O–H groups in total. The number of hydrogen-bond acceptors (Lipinski definition) is 4. The number of carbonyl (C=O) groups is 1. The number of nitrogens with two attached hydrogens (primary N) is 1. The first-order valence-corrected chi connectivity index (χ1v) is 4.98. The van der Waals surface area contributed by atoms with E-state index in [1.807, 2.05) is 0 Å². The molecule has 1 aliphatic carbocycles. The molecule has 2 atom stereocenters. The zero-order chi connectivity index (χ0) is 11.7. The van der Waals surface area contributed by atoms with Crippen molar-refractivity contribution in [3.63, 3.8) is 0 Å². The summed E-state index contributed by atoms with van der Waals surface area (Å²) in [6.45, 7) is -0.362. The molecule has 1 aliphatic rings. The molecule has 0 bridgehead atoms. The maximum absolute atomic E-state index is 10.4. The van der Waals surface area contributed by atoms with E-state index in [1.54, 1.807) is 18.2 Å². The molecule has 0 saturated heterocycles. The summed E-state index contributed by atoms with van der Waals surface area (Å²) >= 11 is 0. The first-order valence-electron chi connectivity index (χ1n) is 4.98. The monoisotopic (exact) mass is 223 g/mol. The lowest BCUT2D eigenvalue weighted by molar-refractivity contribution is -0.144. The van der Waals surface area contributed by atoms with E-state index in [1.165, 1.54) is 0 Å². The van der Waals surface area contributed by atoms with Gasteiger partial charge in [-0.05, 0) is 29.7 Å². The maximum Gasteiger partial charge on any atom is 0.329 e. The highest BCUT2D eigenvalue weighted by Gasteiger charge is 2.31. The standard InChI is InChI=1S/C11H13NO4/c12-9-4-6-3-7(13)1-2-8(6)11(9)16-5-10(14)15/h1-3,9,11,13H,4-5,12H2,(H,14,15). The molecular weight excluding hydrogens is 210 g/mol. The number of phenolic OH excluding ortho intramolecular Hbond substituents is 1. The van der Waals surface area contributed by atoms with Crippen molar-refractivity contribution in [2.75, 3.05) is 6.61 Å². The van der Waals surface area contributed by atoms with Gasteiger partial charge in [-0.1, -0.05) is 6.07 Å². The van der Waals surface area contributed by atoms with Crippen LogP contribution in [0.5, 0.6) is 5.75 Å². The van der Waals surface area contributed by atoms with Crippen molar-refractivity contribution in [1.82, 2.24) is 0 Å². The van der Waals surface area contributed by atoms with Gasteiger partial charge in [0.25, 0.3) is 0 Å². The third kappa shape index (κ3) is 2.00. The summed E-state index contributed by atoms with van der Waals surface area (Å²) in [6, 6.07) is 4.66. The molecule has 16 heavy (non-hydrogen) atoms. The van der Waals surface area contributed by atoms with Crippen LogP contribution in [0.15, 0.2) is 18.2 Å². The molecule has 1 aromatic rings. The Balaban J connectivity index is 2.19. The van der Waals surface area contributed by atoms with Crippen LogP contribution >= 0.6 is 0 Å². The van der Waals surface area contributed by atoms with E-state index in [9.17, 15) is 9.90 Å². The Kier molecular flexibility index (Phi) is 2.80. The molecule has 0 spiro atoms. The first-order chi connectivity index (χ1) is 7.58. The number of ether oxygens (including phenoxy) is 1. The van der Waals surface area contributed by atoms with Gasteiger partial charge in [0.15, 0.2) is 0 Å². The van der Waals surface area contributed by atoms with E-state index in [4.69, 9.17) is 15.6 Å². The molecule has 86 valence electrons. The number of aliphatic carboxylic acids is 1. The molecule has 0 aliphatic heterocycles. The first kappa shape index (κ1) is 10.9. The second-order valence-corrected chi connectivity index (χ2v) is 3.88. The van der Waals surface area contributed by atoms with Gasteiger partial charge in [0.2, 0.25) is 0 Å². The Hall–Kier alpha value is -1.59. The van der Waals surface area contributed by atoms with Crippen molar-refractivity contribution in [3.8, 4) is 5.75 Å². The van der Waals surface area contributed by atoms with Crippen LogP contribution in [0.4, 0.5) is 0 Å². The van der Waals surface area contributed by atoms with Crippen molar-refractivity contribution in [3.05, 3.63) is 29.3 Å². The Labute approximate surface area is 92.5 Å². The lowest BCUT2D eigenvalue weighted by Crippen LogP contribution is -2.28. The number of aromatic hydroxyl groups is 1. The van der Waals surface area contributed by atoms with Crippen LogP contribution in [0.3, 0.4) is 0 Å². The predicted octanol–water partition coefficient (Wildman–Crippen LogP) is 0.418. The summed E-state index contributed by atoms with van der Waals surface area (Å²) in [5.41, 5.74) is 7.65. The molecule has 5 nitrogen and oxygen atoms in total. The van der Waals surface area contributed by atoms with Gasteiger partial charge in [-0.15, -0.1) is 0 Å². The van der Waals surface area contributed by atoms with Crippen LogP contribution in [0.2, 0.25) is 0 Å². The summed E-state index contributed by atoms with van der Waals surface area (Å²) in [4.78, 5) is 10.4. The second-order valence-electron chi connectivity index (χ2n) is 3.88. The van der Waals surface area contributed by atoms with Gasteiger partial charge >= 0.3 is 5.97 Å². The zero-order valence-corrected chi connectivity index (χ0v) is 8.59. The van der Waals surface area contributed by atoms with Gasteiger partial charge in [-0.3, -0.25) is 0 Å². The fourth-order valence-corrected chi connectivity index (χ4v) is 2.01. The summed E-state index contributed by atoms with van der Waals surface area (Å²) in [5.74, 6) is -0.829. The molecule has 0 fully saturated rings. The fraction of sp³-hybridized carbons (Fsp3) is 0.364. The van der Waals surface area contributed by atoms with Gasteiger partial charge in [0, 0.05) is 6.04 Å². The number of hydrogen-bond donors (Lipinski definition) is 3. The number of fused-ring (bicyclic) bond motifs is 1. The van der Waals surface area contributed by atoms with E-state index >= 15 is 0 Å². The van der Waals surface area contributed by atoms with Crippen LogP contribution in [0.1, 0.15) is 17.2 Å². The average molecular weight is 223 g/mol. The van der Waals surface area contributed by atoms with Crippen molar-refractivity contribution in [2.24, 2.45) is 5.73 Å². The summed E-state index contributed by atoms with van der Waals surface area (Å²) < 4.78 is 5.24. The van der Waals surface area contributed by atoms with E-state index in [0.717, 1.165) is 11.1 Å². The van der Waals surface area contributed by atoms with Gasteiger partial charge in [0.05, 0.1) is 6.10 Å². The molecule has 0 amide bonds. The van der Waals surface area contributed by atoms with Gasteiger partial charge in [-0.25, -0.2) is 4.79 Å². The largest absolute Gasteiger partial charge is 0.508 e. The van der Waals surface area contributed by atoms with Crippen LogP contribution in [0, 0.1) is 0 Å². The third-order valence-corrected chi connectivity index (χ3v) is 2.66. The Morgan fingerprint density at radius 1 is 1.56 bits per heavy atom. The topological polar surface area (TPSA) is 92.8 Å². The molecule has 2 rings (SSSR count). The number of phenols is 1.